The second-order valence-electron chi connectivity index (χ2n) is 4.18. The normalized spacial score (nSPS) is 12.7. The zero-order valence-corrected chi connectivity index (χ0v) is 11.8. The van der Waals surface area contributed by atoms with Gasteiger partial charge in [0.1, 0.15) is 22.6 Å². The third-order valence-electron chi connectivity index (χ3n) is 2.77. The third kappa shape index (κ3) is 3.49. The second kappa shape index (κ2) is 6.10. The minimum Gasteiger partial charge on any atom is -0.360 e. The number of thiazole rings is 1. The number of anilines is 1. The van der Waals surface area contributed by atoms with Gasteiger partial charge < -0.3 is 5.32 Å². The summed E-state index contributed by atoms with van der Waals surface area (Å²) in [7, 11) is 0. The van der Waals surface area contributed by atoms with Crippen molar-refractivity contribution in [1.29, 1.82) is 5.26 Å². The van der Waals surface area contributed by atoms with Crippen LogP contribution in [0.25, 0.3) is 0 Å². The molecule has 2 heterocycles. The summed E-state index contributed by atoms with van der Waals surface area (Å²) in [5.41, 5.74) is -0.962. The Kier molecular flexibility index (Phi) is 4.43. The average molecular weight is 312 g/mol. The number of pyridine rings is 1. The molecule has 21 heavy (non-hydrogen) atoms. The van der Waals surface area contributed by atoms with Crippen molar-refractivity contribution in [2.45, 2.75) is 25.6 Å². The van der Waals surface area contributed by atoms with Crippen molar-refractivity contribution in [3.8, 4) is 6.07 Å². The smallest absolute Gasteiger partial charge is 0.360 e. The van der Waals surface area contributed by atoms with Gasteiger partial charge in [-0.3, -0.25) is 0 Å². The van der Waals surface area contributed by atoms with Gasteiger partial charge in [-0.2, -0.15) is 18.4 Å². The molecule has 0 aliphatic carbocycles. The molecule has 0 spiro atoms. The Morgan fingerprint density at radius 1 is 1.43 bits per heavy atom. The average Bonchev–Trinajstić information content (AvgIpc) is 2.97. The van der Waals surface area contributed by atoms with E-state index >= 15 is 0 Å². The highest BCUT2D eigenvalue weighted by Gasteiger charge is 2.33. The fourth-order valence-corrected chi connectivity index (χ4v) is 2.50. The number of rotatable bonds is 4. The second-order valence-corrected chi connectivity index (χ2v) is 5.10. The molecular formula is C13H11F3N4S. The molecule has 0 aliphatic heterocycles. The molecule has 1 unspecified atom stereocenters. The highest BCUT2D eigenvalue weighted by Crippen LogP contribution is 2.31. The zero-order valence-electron chi connectivity index (χ0n) is 11.0. The molecule has 1 N–H and O–H groups in total. The van der Waals surface area contributed by atoms with E-state index in [4.69, 9.17) is 5.26 Å². The van der Waals surface area contributed by atoms with Gasteiger partial charge in [0.25, 0.3) is 0 Å². The summed E-state index contributed by atoms with van der Waals surface area (Å²) in [6.07, 6.45) is -2.32. The van der Waals surface area contributed by atoms with Gasteiger partial charge in [0.05, 0.1) is 11.6 Å². The van der Waals surface area contributed by atoms with E-state index in [1.54, 1.807) is 11.6 Å². The summed E-state index contributed by atoms with van der Waals surface area (Å²) >= 11 is 1.39. The van der Waals surface area contributed by atoms with Crippen LogP contribution in [0.4, 0.5) is 19.0 Å². The van der Waals surface area contributed by atoms with Crippen molar-refractivity contribution in [3.05, 3.63) is 40.0 Å². The van der Waals surface area contributed by atoms with E-state index in [2.05, 4.69) is 15.3 Å². The molecule has 0 radical (unpaired) electrons. The third-order valence-corrected chi connectivity index (χ3v) is 3.66. The van der Waals surface area contributed by atoms with Crippen LogP contribution in [0.2, 0.25) is 0 Å². The minimum absolute atomic E-state index is 0.0676. The largest absolute Gasteiger partial charge is 0.433 e. The quantitative estimate of drug-likeness (QED) is 0.927. The maximum atomic E-state index is 12.7. The molecule has 0 fully saturated rings. The number of hydrogen-bond donors (Lipinski definition) is 1. The number of alkyl halides is 3. The predicted octanol–water partition coefficient (Wildman–Crippen LogP) is 3.99. The fourth-order valence-electron chi connectivity index (χ4n) is 1.73. The van der Waals surface area contributed by atoms with Crippen LogP contribution in [0.1, 0.15) is 35.7 Å². The lowest BCUT2D eigenvalue weighted by molar-refractivity contribution is -0.141. The molecular weight excluding hydrogens is 301 g/mol. The molecule has 0 saturated heterocycles. The first-order valence-electron chi connectivity index (χ1n) is 6.10. The monoisotopic (exact) mass is 312 g/mol. The fraction of sp³-hybridized carbons (Fsp3) is 0.308. The van der Waals surface area contributed by atoms with Crippen molar-refractivity contribution in [2.24, 2.45) is 0 Å². The first-order chi connectivity index (χ1) is 9.95. The van der Waals surface area contributed by atoms with Crippen LogP contribution in [0, 0.1) is 11.3 Å². The summed E-state index contributed by atoms with van der Waals surface area (Å²) < 4.78 is 38.1. The molecule has 110 valence electrons. The summed E-state index contributed by atoms with van der Waals surface area (Å²) in [5, 5.41) is 14.4. The number of nitrogens with one attached hydrogen (secondary N) is 1. The first kappa shape index (κ1) is 15.3. The number of hydrogen-bond acceptors (Lipinski definition) is 5. The summed E-state index contributed by atoms with van der Waals surface area (Å²) in [6.45, 7) is 1.87. The molecule has 0 bridgehead atoms. The van der Waals surface area contributed by atoms with Crippen LogP contribution in [0.5, 0.6) is 0 Å². The predicted molar refractivity (Wildman–Crippen MR) is 72.7 cm³/mol. The van der Waals surface area contributed by atoms with Gasteiger partial charge in [-0.15, -0.1) is 11.3 Å². The van der Waals surface area contributed by atoms with Crippen molar-refractivity contribution >= 4 is 17.2 Å². The highest BCUT2D eigenvalue weighted by atomic mass is 32.1. The number of nitrogens with zero attached hydrogens (tertiary/aromatic N) is 3. The lowest BCUT2D eigenvalue weighted by Crippen LogP contribution is -2.15. The molecule has 0 aromatic carbocycles. The van der Waals surface area contributed by atoms with Crippen LogP contribution in [-0.4, -0.2) is 9.97 Å². The van der Waals surface area contributed by atoms with E-state index in [1.807, 2.05) is 13.0 Å². The standard InChI is InChI=1S/C13H11F3N4S/c1-2-9(12-18-5-6-21-12)19-11-8(7-17)3-4-10(20-11)13(14,15)16/h3-6,9H,2H2,1H3,(H,19,20). The SMILES string of the molecule is CCC(Nc1nc(C(F)(F)F)ccc1C#N)c1nccs1. The maximum absolute atomic E-state index is 12.7. The molecule has 0 aliphatic rings. The lowest BCUT2D eigenvalue weighted by atomic mass is 10.2. The van der Waals surface area contributed by atoms with Crippen LogP contribution < -0.4 is 5.32 Å². The van der Waals surface area contributed by atoms with E-state index in [0.29, 0.717) is 6.42 Å². The Morgan fingerprint density at radius 2 is 2.19 bits per heavy atom. The van der Waals surface area contributed by atoms with Gasteiger partial charge in [0.2, 0.25) is 0 Å². The van der Waals surface area contributed by atoms with Crippen LogP contribution in [0.3, 0.4) is 0 Å². The summed E-state index contributed by atoms with van der Waals surface area (Å²) in [4.78, 5) is 7.66. The van der Waals surface area contributed by atoms with Gasteiger partial charge in [-0.25, -0.2) is 9.97 Å². The van der Waals surface area contributed by atoms with Crippen LogP contribution in [0.15, 0.2) is 23.7 Å². The van der Waals surface area contributed by atoms with Gasteiger partial charge in [-0.05, 0) is 18.6 Å². The Labute approximate surface area is 123 Å². The van der Waals surface area contributed by atoms with Gasteiger partial charge >= 0.3 is 6.18 Å². The minimum atomic E-state index is -4.55. The molecule has 2 aromatic rings. The molecule has 2 rings (SSSR count). The Bertz CT molecular complexity index is 646. The topological polar surface area (TPSA) is 61.6 Å². The maximum Gasteiger partial charge on any atom is 0.433 e. The van der Waals surface area contributed by atoms with Crippen LogP contribution >= 0.6 is 11.3 Å². The molecule has 1 atom stereocenters. The van der Waals surface area contributed by atoms with Crippen molar-refractivity contribution in [2.75, 3.05) is 5.32 Å². The zero-order chi connectivity index (χ0) is 15.5. The van der Waals surface area contributed by atoms with Crippen molar-refractivity contribution in [1.82, 2.24) is 9.97 Å². The molecule has 0 amide bonds. The Morgan fingerprint density at radius 3 is 2.71 bits per heavy atom. The number of halogens is 3. The van der Waals surface area contributed by atoms with E-state index in [1.165, 1.54) is 11.3 Å². The van der Waals surface area contributed by atoms with E-state index in [-0.39, 0.29) is 17.4 Å². The lowest BCUT2D eigenvalue weighted by Gasteiger charge is -2.17. The van der Waals surface area contributed by atoms with Gasteiger partial charge in [0.15, 0.2) is 0 Å². The molecule has 0 saturated carbocycles. The summed E-state index contributed by atoms with van der Waals surface area (Å²) in [5.74, 6) is -0.0747. The number of nitriles is 1. The summed E-state index contributed by atoms with van der Waals surface area (Å²) in [6, 6.07) is 3.47. The van der Waals surface area contributed by atoms with E-state index < -0.39 is 11.9 Å². The van der Waals surface area contributed by atoms with E-state index in [0.717, 1.165) is 17.1 Å². The number of aromatic nitrogens is 2. The first-order valence-corrected chi connectivity index (χ1v) is 6.98. The van der Waals surface area contributed by atoms with Gasteiger partial charge in [0, 0.05) is 11.6 Å². The van der Waals surface area contributed by atoms with Crippen LogP contribution in [-0.2, 0) is 6.18 Å². The highest BCUT2D eigenvalue weighted by molar-refractivity contribution is 7.09. The van der Waals surface area contributed by atoms with E-state index in [9.17, 15) is 13.2 Å². The molecule has 4 nitrogen and oxygen atoms in total. The Hall–Kier alpha value is -2.14. The van der Waals surface area contributed by atoms with Gasteiger partial charge in [-0.1, -0.05) is 6.92 Å². The molecule has 8 heteroatoms. The Balaban J connectivity index is 2.35. The van der Waals surface area contributed by atoms with Crippen molar-refractivity contribution < 1.29 is 13.2 Å². The van der Waals surface area contributed by atoms with Crippen molar-refractivity contribution in [3.63, 3.8) is 0 Å². The molecule has 2 aromatic heterocycles.